The first-order valence-electron chi connectivity index (χ1n) is 4.78. The zero-order valence-corrected chi connectivity index (χ0v) is 10.9. The van der Waals surface area contributed by atoms with Gasteiger partial charge in [-0.1, -0.05) is 23.7 Å². The summed E-state index contributed by atoms with van der Waals surface area (Å²) in [6.07, 6.45) is 0. The molecule has 0 bridgehead atoms. The Morgan fingerprint density at radius 2 is 2.20 bits per heavy atom. The summed E-state index contributed by atoms with van der Waals surface area (Å²) in [4.78, 5) is 3.34. The molecule has 2 N–H and O–H groups in total. The number of fused-ring (bicyclic) bond motifs is 1. The number of aromatic nitrogens is 1. The van der Waals surface area contributed by atoms with Gasteiger partial charge >= 0.3 is 0 Å². The Labute approximate surface area is 102 Å². The fraction of sp³-hybridized carbons (Fsp3) is 0.273. The quantitative estimate of drug-likeness (QED) is 0.862. The summed E-state index contributed by atoms with van der Waals surface area (Å²) in [5.41, 5.74) is 2.11. The van der Waals surface area contributed by atoms with Gasteiger partial charge in [-0.25, -0.2) is 0 Å². The molecule has 0 aliphatic heterocycles. The van der Waals surface area contributed by atoms with Gasteiger partial charge in [0.25, 0.3) is 0 Å². The van der Waals surface area contributed by atoms with E-state index in [9.17, 15) is 0 Å². The van der Waals surface area contributed by atoms with Crippen LogP contribution in [0.1, 0.15) is 18.7 Å². The summed E-state index contributed by atoms with van der Waals surface area (Å²) in [6, 6.07) is 6.16. The maximum absolute atomic E-state index is 6.12. The van der Waals surface area contributed by atoms with Crippen LogP contribution < -0.4 is 5.32 Å². The second-order valence-electron chi connectivity index (χ2n) is 3.53. The van der Waals surface area contributed by atoms with Gasteiger partial charge in [0.2, 0.25) is 0 Å². The van der Waals surface area contributed by atoms with Crippen LogP contribution in [0.25, 0.3) is 10.9 Å². The zero-order chi connectivity index (χ0) is 11.0. The lowest BCUT2D eigenvalue weighted by Crippen LogP contribution is -2.12. The van der Waals surface area contributed by atoms with Crippen LogP contribution in [0.5, 0.6) is 0 Å². The van der Waals surface area contributed by atoms with E-state index < -0.39 is 0 Å². The Morgan fingerprint density at radius 1 is 1.47 bits per heavy atom. The van der Waals surface area contributed by atoms with Gasteiger partial charge in [-0.2, -0.15) is 0 Å². The molecule has 0 saturated carbocycles. The van der Waals surface area contributed by atoms with Crippen LogP contribution in [0.4, 0.5) is 0 Å². The highest BCUT2D eigenvalue weighted by molar-refractivity contribution is 9.10. The summed E-state index contributed by atoms with van der Waals surface area (Å²) < 4.78 is 1.09. The minimum atomic E-state index is 0.267. The van der Waals surface area contributed by atoms with Crippen molar-refractivity contribution in [3.8, 4) is 0 Å². The minimum Gasteiger partial charge on any atom is -0.355 e. The van der Waals surface area contributed by atoms with E-state index >= 15 is 0 Å². The highest BCUT2D eigenvalue weighted by Gasteiger charge is 2.14. The van der Waals surface area contributed by atoms with Crippen molar-refractivity contribution >= 4 is 38.4 Å². The molecule has 0 aliphatic rings. The first-order valence-corrected chi connectivity index (χ1v) is 5.95. The average Bonchev–Trinajstić information content (AvgIpc) is 2.57. The molecule has 0 spiro atoms. The van der Waals surface area contributed by atoms with Gasteiger partial charge in [0, 0.05) is 21.6 Å². The van der Waals surface area contributed by atoms with Crippen molar-refractivity contribution in [2.45, 2.75) is 13.0 Å². The molecule has 0 saturated heterocycles. The molecule has 80 valence electrons. The molecule has 2 aromatic rings. The molecule has 1 unspecified atom stereocenters. The maximum atomic E-state index is 6.12. The highest BCUT2D eigenvalue weighted by Crippen LogP contribution is 2.34. The molecule has 4 heteroatoms. The monoisotopic (exact) mass is 286 g/mol. The van der Waals surface area contributed by atoms with Crippen LogP contribution in [0, 0.1) is 0 Å². The van der Waals surface area contributed by atoms with E-state index in [1.807, 2.05) is 25.2 Å². The van der Waals surface area contributed by atoms with Gasteiger partial charge in [0.05, 0.1) is 10.5 Å². The van der Waals surface area contributed by atoms with Gasteiger partial charge < -0.3 is 10.3 Å². The third-order valence-electron chi connectivity index (χ3n) is 2.61. The smallest absolute Gasteiger partial charge is 0.0657 e. The highest BCUT2D eigenvalue weighted by atomic mass is 79.9. The summed E-state index contributed by atoms with van der Waals surface area (Å²) >= 11 is 9.72. The molecule has 0 amide bonds. The van der Waals surface area contributed by atoms with E-state index in [4.69, 9.17) is 11.6 Å². The van der Waals surface area contributed by atoms with Crippen molar-refractivity contribution in [2.75, 3.05) is 7.05 Å². The maximum Gasteiger partial charge on any atom is 0.0657 e. The summed E-state index contributed by atoms with van der Waals surface area (Å²) in [5, 5.41) is 5.08. The van der Waals surface area contributed by atoms with Crippen LogP contribution in [0.3, 0.4) is 0 Å². The molecule has 1 heterocycles. The Kier molecular flexibility index (Phi) is 3.05. The minimum absolute atomic E-state index is 0.267. The number of rotatable bonds is 2. The normalized spacial score (nSPS) is 13.3. The van der Waals surface area contributed by atoms with Crippen LogP contribution in [0.15, 0.2) is 22.7 Å². The lowest BCUT2D eigenvalue weighted by Gasteiger charge is -2.08. The van der Waals surface area contributed by atoms with Crippen LogP contribution in [0.2, 0.25) is 5.02 Å². The molecule has 1 aromatic heterocycles. The molecule has 1 aromatic carbocycles. The van der Waals surface area contributed by atoms with Crippen molar-refractivity contribution in [1.82, 2.24) is 10.3 Å². The summed E-state index contributed by atoms with van der Waals surface area (Å²) in [6.45, 7) is 2.10. The summed E-state index contributed by atoms with van der Waals surface area (Å²) in [5.74, 6) is 0. The fourth-order valence-corrected chi connectivity index (χ4v) is 2.61. The third-order valence-corrected chi connectivity index (χ3v) is 3.78. The number of halogens is 2. The van der Waals surface area contributed by atoms with Crippen molar-refractivity contribution in [3.05, 3.63) is 33.4 Å². The lowest BCUT2D eigenvalue weighted by atomic mass is 10.2. The van der Waals surface area contributed by atoms with Crippen LogP contribution >= 0.6 is 27.5 Å². The number of benzene rings is 1. The van der Waals surface area contributed by atoms with Gasteiger partial charge in [-0.3, -0.25) is 0 Å². The van der Waals surface area contributed by atoms with Gasteiger partial charge in [0.1, 0.15) is 0 Å². The summed E-state index contributed by atoms with van der Waals surface area (Å²) in [7, 11) is 1.93. The Bertz CT molecular complexity index is 493. The largest absolute Gasteiger partial charge is 0.355 e. The van der Waals surface area contributed by atoms with Crippen molar-refractivity contribution in [3.63, 3.8) is 0 Å². The predicted octanol–water partition coefficient (Wildman–Crippen LogP) is 3.86. The Morgan fingerprint density at radius 3 is 2.80 bits per heavy atom. The molecule has 0 fully saturated rings. The molecule has 0 radical (unpaired) electrons. The number of hydrogen-bond acceptors (Lipinski definition) is 1. The number of H-pyrrole nitrogens is 1. The van der Waals surface area contributed by atoms with Crippen LogP contribution in [-0.4, -0.2) is 12.0 Å². The second-order valence-corrected chi connectivity index (χ2v) is 4.73. The van der Waals surface area contributed by atoms with Crippen molar-refractivity contribution < 1.29 is 0 Å². The third kappa shape index (κ3) is 1.80. The standard InChI is InChI=1S/C11H12BrClN2/c1-6(14-2)10-9(12)7-4-3-5-8(13)11(7)15-10/h3-6,14-15H,1-2H3. The van der Waals surface area contributed by atoms with E-state index in [0.29, 0.717) is 0 Å². The number of aromatic amines is 1. The molecular weight excluding hydrogens is 275 g/mol. The average molecular weight is 288 g/mol. The zero-order valence-electron chi connectivity index (χ0n) is 8.57. The molecule has 2 rings (SSSR count). The predicted molar refractivity (Wildman–Crippen MR) is 68.5 cm³/mol. The van der Waals surface area contributed by atoms with E-state index in [2.05, 4.69) is 33.2 Å². The molecule has 1 atom stereocenters. The topological polar surface area (TPSA) is 27.8 Å². The number of para-hydroxylation sites is 1. The molecule has 15 heavy (non-hydrogen) atoms. The van der Waals surface area contributed by atoms with Crippen molar-refractivity contribution in [2.24, 2.45) is 0 Å². The van der Waals surface area contributed by atoms with E-state index in [-0.39, 0.29) is 6.04 Å². The Hall–Kier alpha value is -0.510. The van der Waals surface area contributed by atoms with E-state index in [1.54, 1.807) is 0 Å². The van der Waals surface area contributed by atoms with E-state index in [0.717, 1.165) is 26.1 Å². The van der Waals surface area contributed by atoms with Gasteiger partial charge in [-0.05, 0) is 36.0 Å². The first-order chi connectivity index (χ1) is 7.15. The first kappa shape index (κ1) is 11.0. The van der Waals surface area contributed by atoms with Crippen molar-refractivity contribution in [1.29, 1.82) is 0 Å². The van der Waals surface area contributed by atoms with Gasteiger partial charge in [0.15, 0.2) is 0 Å². The SMILES string of the molecule is CNC(C)c1[nH]c2c(Cl)cccc2c1Br. The fourth-order valence-electron chi connectivity index (χ4n) is 1.61. The second kappa shape index (κ2) is 4.16. The Balaban J connectivity index is 2.69. The molecule has 0 aliphatic carbocycles. The lowest BCUT2D eigenvalue weighted by molar-refractivity contribution is 0.635. The van der Waals surface area contributed by atoms with E-state index in [1.165, 1.54) is 0 Å². The van der Waals surface area contributed by atoms with Gasteiger partial charge in [-0.15, -0.1) is 0 Å². The van der Waals surface area contributed by atoms with Crippen LogP contribution in [-0.2, 0) is 0 Å². The molecular formula is C11H12BrClN2. The number of nitrogens with one attached hydrogen (secondary N) is 2. The molecule has 2 nitrogen and oxygen atoms in total. The number of hydrogen-bond donors (Lipinski definition) is 2.